The molecule has 5 rings (SSSR count). The van der Waals surface area contributed by atoms with Crippen LogP contribution in [-0.2, 0) is 32.4 Å². The zero-order valence-electron chi connectivity index (χ0n) is 17.1. The maximum absolute atomic E-state index is 13.4. The van der Waals surface area contributed by atoms with Gasteiger partial charge in [-0.1, -0.05) is 18.2 Å². The number of halogens is 1. The summed E-state index contributed by atoms with van der Waals surface area (Å²) in [6.45, 7) is 1.21. The lowest BCUT2D eigenvalue weighted by Gasteiger charge is -2.23. The van der Waals surface area contributed by atoms with Gasteiger partial charge in [-0.15, -0.1) is 11.3 Å². The number of hydrogen-bond donors (Lipinski definition) is 1. The highest BCUT2D eigenvalue weighted by atomic mass is 32.1. The van der Waals surface area contributed by atoms with E-state index >= 15 is 0 Å². The molecule has 0 unspecified atom stereocenters. The van der Waals surface area contributed by atoms with Crippen molar-refractivity contribution in [2.45, 2.75) is 44.8 Å². The predicted molar refractivity (Wildman–Crippen MR) is 121 cm³/mol. The Hall–Kier alpha value is -2.90. The highest BCUT2D eigenvalue weighted by molar-refractivity contribution is 7.18. The van der Waals surface area contributed by atoms with Crippen molar-refractivity contribution in [3.05, 3.63) is 92.9 Å². The van der Waals surface area contributed by atoms with E-state index in [0.717, 1.165) is 46.3 Å². The average molecular weight is 435 g/mol. The third-order valence-electron chi connectivity index (χ3n) is 5.85. The smallest absolute Gasteiger partial charge is 0.262 e. The number of aryl methyl sites for hydroxylation is 3. The number of thiophene rings is 1. The quantitative estimate of drug-likeness (QED) is 0.500. The Balaban J connectivity index is 1.32. The van der Waals surface area contributed by atoms with Crippen LogP contribution >= 0.6 is 11.3 Å². The normalized spacial score (nSPS) is 15.8. The van der Waals surface area contributed by atoms with E-state index in [1.165, 1.54) is 10.9 Å². The highest BCUT2D eigenvalue weighted by Crippen LogP contribution is 2.33. The van der Waals surface area contributed by atoms with Crippen molar-refractivity contribution in [3.63, 3.8) is 0 Å². The van der Waals surface area contributed by atoms with Crippen LogP contribution in [0.25, 0.3) is 10.2 Å². The van der Waals surface area contributed by atoms with Crippen LogP contribution in [0.1, 0.15) is 28.1 Å². The molecule has 5 nitrogen and oxygen atoms in total. The standard InChI is InChI=1S/C24H23FN4OS/c25-17-5-3-4-16(12-17)14-27-19-7-8-20-21(13-19)31-23-22(20)24(30)29(15-28-23)11-9-18-6-1-2-10-26-18/h1-6,10,12,15,19,27H,7-9,11,13-14H2/t19-/m0/s1. The van der Waals surface area contributed by atoms with Gasteiger partial charge in [0.15, 0.2) is 0 Å². The molecule has 1 aromatic carbocycles. The molecule has 3 heterocycles. The summed E-state index contributed by atoms with van der Waals surface area (Å²) in [4.78, 5) is 24.2. The Morgan fingerprint density at radius 1 is 1.19 bits per heavy atom. The summed E-state index contributed by atoms with van der Waals surface area (Å²) in [5.41, 5.74) is 3.12. The topological polar surface area (TPSA) is 59.8 Å². The molecule has 1 aliphatic carbocycles. The molecule has 0 radical (unpaired) electrons. The summed E-state index contributed by atoms with van der Waals surface area (Å²) in [5.74, 6) is -0.208. The van der Waals surface area contributed by atoms with Gasteiger partial charge in [-0.05, 0) is 54.7 Å². The molecule has 7 heteroatoms. The first-order valence-corrected chi connectivity index (χ1v) is 11.4. The van der Waals surface area contributed by atoms with Gasteiger partial charge < -0.3 is 5.32 Å². The molecule has 4 aromatic rings. The second-order valence-corrected chi connectivity index (χ2v) is 9.03. The number of fused-ring (bicyclic) bond motifs is 3. The van der Waals surface area contributed by atoms with Crippen LogP contribution < -0.4 is 10.9 Å². The van der Waals surface area contributed by atoms with E-state index in [1.54, 1.807) is 40.6 Å². The Morgan fingerprint density at radius 3 is 2.97 bits per heavy atom. The Kier molecular flexibility index (Phi) is 5.61. The monoisotopic (exact) mass is 434 g/mol. The summed E-state index contributed by atoms with van der Waals surface area (Å²) < 4.78 is 15.1. The van der Waals surface area contributed by atoms with Gasteiger partial charge >= 0.3 is 0 Å². The fourth-order valence-corrected chi connectivity index (χ4v) is 5.48. The first-order valence-electron chi connectivity index (χ1n) is 10.5. The second-order valence-electron chi connectivity index (χ2n) is 7.95. The number of nitrogens with zero attached hydrogens (tertiary/aromatic N) is 3. The third-order valence-corrected chi connectivity index (χ3v) is 7.02. The van der Waals surface area contributed by atoms with E-state index < -0.39 is 0 Å². The van der Waals surface area contributed by atoms with Gasteiger partial charge in [0.2, 0.25) is 0 Å². The Bertz CT molecular complexity index is 1270. The predicted octanol–water partition coefficient (Wildman–Crippen LogP) is 3.88. The maximum atomic E-state index is 13.4. The molecular weight excluding hydrogens is 411 g/mol. The summed E-state index contributed by atoms with van der Waals surface area (Å²) >= 11 is 1.63. The van der Waals surface area contributed by atoms with Crippen LogP contribution in [0.3, 0.4) is 0 Å². The van der Waals surface area contributed by atoms with E-state index in [-0.39, 0.29) is 11.4 Å². The molecule has 0 saturated heterocycles. The molecule has 0 bridgehead atoms. The van der Waals surface area contributed by atoms with Gasteiger partial charge in [-0.2, -0.15) is 0 Å². The van der Waals surface area contributed by atoms with Crippen LogP contribution in [0.2, 0.25) is 0 Å². The summed E-state index contributed by atoms with van der Waals surface area (Å²) in [6, 6.07) is 12.8. The number of pyridine rings is 1. The SMILES string of the molecule is O=c1c2c3c(sc2ncn1CCc1ccccn1)C[C@@H](NCc1cccc(F)c1)CC3. The van der Waals surface area contributed by atoms with Gasteiger partial charge in [0.1, 0.15) is 10.6 Å². The molecule has 3 aromatic heterocycles. The molecule has 0 fully saturated rings. The number of nitrogens with one attached hydrogen (secondary N) is 1. The summed E-state index contributed by atoms with van der Waals surface area (Å²) in [6.07, 6.45) is 6.82. The van der Waals surface area contributed by atoms with Crippen molar-refractivity contribution in [2.24, 2.45) is 0 Å². The van der Waals surface area contributed by atoms with Crippen LogP contribution in [0.4, 0.5) is 4.39 Å². The highest BCUT2D eigenvalue weighted by Gasteiger charge is 2.25. The van der Waals surface area contributed by atoms with Crippen molar-refractivity contribution in [3.8, 4) is 0 Å². The molecule has 0 spiro atoms. The minimum Gasteiger partial charge on any atom is -0.310 e. The van der Waals surface area contributed by atoms with E-state index in [9.17, 15) is 9.18 Å². The number of aromatic nitrogens is 3. The lowest BCUT2D eigenvalue weighted by Crippen LogP contribution is -2.33. The molecule has 0 aliphatic heterocycles. The molecular formula is C24H23FN4OS. The minimum absolute atomic E-state index is 0.0459. The van der Waals surface area contributed by atoms with E-state index in [4.69, 9.17) is 0 Å². The van der Waals surface area contributed by atoms with Crippen LogP contribution in [0, 0.1) is 5.82 Å². The van der Waals surface area contributed by atoms with E-state index in [0.29, 0.717) is 25.6 Å². The Labute approximate surface area is 183 Å². The second kappa shape index (κ2) is 8.69. The van der Waals surface area contributed by atoms with Crippen molar-refractivity contribution in [2.75, 3.05) is 0 Å². The zero-order chi connectivity index (χ0) is 21.2. The van der Waals surface area contributed by atoms with Crippen molar-refractivity contribution in [1.29, 1.82) is 0 Å². The molecule has 1 atom stereocenters. The zero-order valence-corrected chi connectivity index (χ0v) is 17.9. The summed E-state index contributed by atoms with van der Waals surface area (Å²) in [5, 5.41) is 4.33. The van der Waals surface area contributed by atoms with Gasteiger partial charge in [0, 0.05) is 42.3 Å². The lowest BCUT2D eigenvalue weighted by molar-refractivity contribution is 0.462. The van der Waals surface area contributed by atoms with E-state index in [2.05, 4.69) is 15.3 Å². The molecule has 158 valence electrons. The number of rotatable bonds is 6. The maximum Gasteiger partial charge on any atom is 0.262 e. The largest absolute Gasteiger partial charge is 0.310 e. The van der Waals surface area contributed by atoms with Crippen LogP contribution in [0.5, 0.6) is 0 Å². The average Bonchev–Trinajstić information content (AvgIpc) is 3.16. The molecule has 0 saturated carbocycles. The van der Waals surface area contributed by atoms with Crippen molar-refractivity contribution >= 4 is 21.6 Å². The third kappa shape index (κ3) is 4.29. The first-order chi connectivity index (χ1) is 15.2. The fourth-order valence-electron chi connectivity index (χ4n) is 4.22. The van der Waals surface area contributed by atoms with Crippen molar-refractivity contribution < 1.29 is 4.39 Å². The molecule has 1 N–H and O–H groups in total. The van der Waals surface area contributed by atoms with E-state index in [1.807, 2.05) is 24.3 Å². The fraction of sp³-hybridized carbons (Fsp3) is 0.292. The Morgan fingerprint density at radius 2 is 2.13 bits per heavy atom. The first kappa shape index (κ1) is 20.0. The van der Waals surface area contributed by atoms with Crippen LogP contribution in [0.15, 0.2) is 59.8 Å². The molecule has 31 heavy (non-hydrogen) atoms. The van der Waals surface area contributed by atoms with Gasteiger partial charge in [-0.25, -0.2) is 9.37 Å². The summed E-state index contributed by atoms with van der Waals surface area (Å²) in [7, 11) is 0. The number of hydrogen-bond acceptors (Lipinski definition) is 5. The van der Waals surface area contributed by atoms with Gasteiger partial charge in [-0.3, -0.25) is 14.3 Å². The lowest BCUT2D eigenvalue weighted by atomic mass is 9.93. The van der Waals surface area contributed by atoms with Gasteiger partial charge in [0.05, 0.1) is 11.7 Å². The molecule has 1 aliphatic rings. The van der Waals surface area contributed by atoms with Crippen LogP contribution in [-0.4, -0.2) is 20.6 Å². The minimum atomic E-state index is -0.208. The molecule has 0 amide bonds. The van der Waals surface area contributed by atoms with Gasteiger partial charge in [0.25, 0.3) is 5.56 Å². The number of benzene rings is 1. The van der Waals surface area contributed by atoms with Crippen molar-refractivity contribution in [1.82, 2.24) is 19.9 Å².